The Morgan fingerprint density at radius 1 is 1.08 bits per heavy atom. The lowest BCUT2D eigenvalue weighted by molar-refractivity contribution is -0.138. The number of aliphatic imine (C=N–C) groups is 1. The average Bonchev–Trinajstić information content (AvgIpc) is 2.59. The molecule has 5 nitrogen and oxygen atoms in total. The third-order valence-corrected chi connectivity index (χ3v) is 3.38. The van der Waals surface area contributed by atoms with E-state index in [2.05, 4.69) is 10.3 Å². The van der Waals surface area contributed by atoms with Gasteiger partial charge in [0, 0.05) is 11.8 Å². The van der Waals surface area contributed by atoms with Gasteiger partial charge in [-0.25, -0.2) is 4.99 Å². The Kier molecular flexibility index (Phi) is 8.00. The Labute approximate surface area is 166 Å². The maximum Gasteiger partial charge on any atom is 0.416 e. The fourth-order valence-corrected chi connectivity index (χ4v) is 2.14. The molecule has 0 unspecified atom stereocenters. The maximum atomic E-state index is 13.2. The summed E-state index contributed by atoms with van der Waals surface area (Å²) in [5.41, 5.74) is 5.57. The molecule has 0 aliphatic carbocycles. The van der Waals surface area contributed by atoms with Gasteiger partial charge in [0.25, 0.3) is 0 Å². The van der Waals surface area contributed by atoms with Crippen LogP contribution in [0.5, 0.6) is 11.5 Å². The first kappa shape index (κ1) is 21.9. The number of rotatable bonds is 5. The lowest BCUT2D eigenvalue weighted by Crippen LogP contribution is -2.22. The Hall–Kier alpha value is -2.17. The zero-order valence-corrected chi connectivity index (χ0v) is 16.5. The van der Waals surface area contributed by atoms with Crippen molar-refractivity contribution < 1.29 is 22.6 Å². The van der Waals surface area contributed by atoms with Gasteiger partial charge in [-0.05, 0) is 29.8 Å². The first-order valence-corrected chi connectivity index (χ1v) is 7.28. The molecule has 0 spiro atoms. The summed E-state index contributed by atoms with van der Waals surface area (Å²) in [6, 6.07) is 10.6. The van der Waals surface area contributed by atoms with Gasteiger partial charge in [0.15, 0.2) is 5.96 Å². The fourth-order valence-electron chi connectivity index (χ4n) is 2.14. The van der Waals surface area contributed by atoms with Crippen LogP contribution in [0, 0.1) is 0 Å². The molecule has 0 aromatic heterocycles. The summed E-state index contributed by atoms with van der Waals surface area (Å²) in [6.45, 7) is -0.221. The number of benzene rings is 2. The lowest BCUT2D eigenvalue weighted by atomic mass is 10.1. The number of alkyl halides is 3. The van der Waals surface area contributed by atoms with Crippen LogP contribution in [0.4, 0.5) is 18.9 Å². The topological polar surface area (TPSA) is 68.9 Å². The van der Waals surface area contributed by atoms with Gasteiger partial charge in [-0.2, -0.15) is 13.2 Å². The second-order valence-corrected chi connectivity index (χ2v) is 5.08. The molecule has 26 heavy (non-hydrogen) atoms. The molecule has 0 aliphatic rings. The highest BCUT2D eigenvalue weighted by Gasteiger charge is 2.33. The predicted molar refractivity (Wildman–Crippen MR) is 105 cm³/mol. The van der Waals surface area contributed by atoms with Crippen molar-refractivity contribution in [2.24, 2.45) is 10.7 Å². The quantitative estimate of drug-likeness (QED) is 0.381. The Morgan fingerprint density at radius 2 is 1.73 bits per heavy atom. The van der Waals surface area contributed by atoms with Crippen LogP contribution in [0.1, 0.15) is 11.1 Å². The molecule has 0 fully saturated rings. The highest BCUT2D eigenvalue weighted by Crippen LogP contribution is 2.34. The van der Waals surface area contributed by atoms with Crippen LogP contribution in [0.2, 0.25) is 0 Å². The summed E-state index contributed by atoms with van der Waals surface area (Å²) in [7, 11) is 2.84. The molecule has 0 heterocycles. The van der Waals surface area contributed by atoms with E-state index in [1.807, 2.05) is 0 Å². The van der Waals surface area contributed by atoms with E-state index < -0.39 is 11.7 Å². The standard InChI is InChI=1S/C17H18F3N3O2.HI/c1-24-13-5-3-4-12(8-13)23-16(21)22-10-11-6-7-14(25-2)9-15(11)17(18,19)20;/h3-9H,10H2,1-2H3,(H3,21,22,23);1H. The van der Waals surface area contributed by atoms with Crippen LogP contribution in [0.3, 0.4) is 0 Å². The SMILES string of the molecule is COc1cccc(NC(N)=NCc2ccc(OC)cc2C(F)(F)F)c1.I. The van der Waals surface area contributed by atoms with E-state index in [1.54, 1.807) is 24.3 Å². The molecule has 2 aromatic carbocycles. The van der Waals surface area contributed by atoms with Gasteiger partial charge in [-0.1, -0.05) is 12.1 Å². The van der Waals surface area contributed by atoms with Crippen molar-refractivity contribution in [2.75, 3.05) is 19.5 Å². The van der Waals surface area contributed by atoms with Crippen LogP contribution in [0.15, 0.2) is 47.5 Å². The Bertz CT molecular complexity index is 767. The molecule has 0 saturated heterocycles. The number of ether oxygens (including phenoxy) is 2. The Morgan fingerprint density at radius 3 is 2.35 bits per heavy atom. The van der Waals surface area contributed by atoms with Gasteiger partial charge in [0.05, 0.1) is 26.3 Å². The van der Waals surface area contributed by atoms with Gasteiger partial charge in [-0.15, -0.1) is 24.0 Å². The molecule has 0 aliphatic heterocycles. The highest BCUT2D eigenvalue weighted by atomic mass is 127. The zero-order valence-electron chi connectivity index (χ0n) is 14.1. The normalized spacial score (nSPS) is 11.5. The van der Waals surface area contributed by atoms with E-state index in [-0.39, 0.29) is 47.8 Å². The number of hydrogen-bond donors (Lipinski definition) is 2. The highest BCUT2D eigenvalue weighted by molar-refractivity contribution is 14.0. The van der Waals surface area contributed by atoms with Crippen LogP contribution < -0.4 is 20.5 Å². The molecule has 9 heteroatoms. The van der Waals surface area contributed by atoms with E-state index in [0.29, 0.717) is 11.4 Å². The second kappa shape index (κ2) is 9.51. The van der Waals surface area contributed by atoms with Crippen LogP contribution in [-0.2, 0) is 12.7 Å². The molecule has 0 saturated carbocycles. The molecule has 0 bridgehead atoms. The number of nitrogens with two attached hydrogens (primary N) is 1. The monoisotopic (exact) mass is 481 g/mol. The molecular formula is C17H19F3IN3O2. The fraction of sp³-hybridized carbons (Fsp3) is 0.235. The lowest BCUT2D eigenvalue weighted by Gasteiger charge is -2.13. The number of anilines is 1. The predicted octanol–water partition coefficient (Wildman–Crippen LogP) is 4.27. The van der Waals surface area contributed by atoms with E-state index >= 15 is 0 Å². The third kappa shape index (κ3) is 5.97. The smallest absolute Gasteiger partial charge is 0.416 e. The summed E-state index contributed by atoms with van der Waals surface area (Å²) >= 11 is 0. The van der Waals surface area contributed by atoms with Gasteiger partial charge in [-0.3, -0.25) is 0 Å². The van der Waals surface area contributed by atoms with Gasteiger partial charge in [0.2, 0.25) is 0 Å². The van der Waals surface area contributed by atoms with Crippen molar-refractivity contribution in [2.45, 2.75) is 12.7 Å². The average molecular weight is 481 g/mol. The number of methoxy groups -OCH3 is 2. The van der Waals surface area contributed by atoms with Crippen LogP contribution >= 0.6 is 24.0 Å². The van der Waals surface area contributed by atoms with E-state index in [4.69, 9.17) is 15.2 Å². The molecule has 3 N–H and O–H groups in total. The molecule has 0 atom stereocenters. The van der Waals surface area contributed by atoms with E-state index in [9.17, 15) is 13.2 Å². The zero-order chi connectivity index (χ0) is 18.4. The minimum absolute atomic E-state index is 0. The van der Waals surface area contributed by atoms with Crippen molar-refractivity contribution in [1.82, 2.24) is 0 Å². The molecule has 2 aromatic rings. The first-order valence-electron chi connectivity index (χ1n) is 7.28. The van der Waals surface area contributed by atoms with E-state index in [0.717, 1.165) is 6.07 Å². The Balaban J connectivity index is 0.00000338. The van der Waals surface area contributed by atoms with Crippen LogP contribution in [0.25, 0.3) is 0 Å². The number of nitrogens with one attached hydrogen (secondary N) is 1. The van der Waals surface area contributed by atoms with Gasteiger partial charge < -0.3 is 20.5 Å². The molecule has 0 radical (unpaired) electrons. The largest absolute Gasteiger partial charge is 0.497 e. The minimum atomic E-state index is -4.51. The van der Waals surface area contributed by atoms with Crippen molar-refractivity contribution >= 4 is 35.6 Å². The van der Waals surface area contributed by atoms with Gasteiger partial charge in [0.1, 0.15) is 11.5 Å². The maximum absolute atomic E-state index is 13.2. The number of hydrogen-bond acceptors (Lipinski definition) is 3. The number of guanidine groups is 1. The number of nitrogens with zero attached hydrogens (tertiary/aromatic N) is 1. The van der Waals surface area contributed by atoms with Crippen molar-refractivity contribution in [3.8, 4) is 11.5 Å². The number of halogens is 4. The second-order valence-electron chi connectivity index (χ2n) is 5.08. The molecule has 142 valence electrons. The molecule has 0 amide bonds. The van der Waals surface area contributed by atoms with Crippen molar-refractivity contribution in [3.05, 3.63) is 53.6 Å². The summed E-state index contributed by atoms with van der Waals surface area (Å²) < 4.78 is 49.4. The van der Waals surface area contributed by atoms with Crippen LogP contribution in [-0.4, -0.2) is 20.2 Å². The van der Waals surface area contributed by atoms with Crippen molar-refractivity contribution in [1.29, 1.82) is 0 Å². The molecule has 2 rings (SSSR count). The van der Waals surface area contributed by atoms with Gasteiger partial charge >= 0.3 is 6.18 Å². The summed E-state index contributed by atoms with van der Waals surface area (Å²) in [6.07, 6.45) is -4.51. The third-order valence-electron chi connectivity index (χ3n) is 3.38. The summed E-state index contributed by atoms with van der Waals surface area (Å²) in [5, 5.41) is 2.81. The van der Waals surface area contributed by atoms with E-state index in [1.165, 1.54) is 26.4 Å². The summed E-state index contributed by atoms with van der Waals surface area (Å²) in [5.74, 6) is 0.743. The minimum Gasteiger partial charge on any atom is -0.497 e. The summed E-state index contributed by atoms with van der Waals surface area (Å²) in [4.78, 5) is 3.98. The van der Waals surface area contributed by atoms with Crippen molar-refractivity contribution in [3.63, 3.8) is 0 Å². The first-order chi connectivity index (χ1) is 11.8. The molecular weight excluding hydrogens is 462 g/mol.